The van der Waals surface area contributed by atoms with E-state index in [0.717, 1.165) is 0 Å². The van der Waals surface area contributed by atoms with E-state index in [9.17, 15) is 4.79 Å². The third-order valence-electron chi connectivity index (χ3n) is 3.09. The van der Waals surface area contributed by atoms with E-state index in [0.29, 0.717) is 23.0 Å². The van der Waals surface area contributed by atoms with Gasteiger partial charge in [0.2, 0.25) is 0 Å². The van der Waals surface area contributed by atoms with E-state index in [-0.39, 0.29) is 11.7 Å². The van der Waals surface area contributed by atoms with E-state index in [4.69, 9.17) is 9.47 Å². The second-order valence-electron chi connectivity index (χ2n) is 4.46. The van der Waals surface area contributed by atoms with Gasteiger partial charge in [-0.25, -0.2) is 0 Å². The Balaban J connectivity index is 3.09. The van der Waals surface area contributed by atoms with Crippen molar-refractivity contribution in [3.63, 3.8) is 0 Å². The SMILES string of the molecule is COc1ccc(C(=O)C(C)C(C)C)c(OC)c1. The van der Waals surface area contributed by atoms with E-state index >= 15 is 0 Å². The van der Waals surface area contributed by atoms with Gasteiger partial charge in [-0.15, -0.1) is 0 Å². The van der Waals surface area contributed by atoms with Crippen LogP contribution in [0.4, 0.5) is 0 Å². The largest absolute Gasteiger partial charge is 0.497 e. The number of rotatable bonds is 5. The normalized spacial score (nSPS) is 12.4. The number of methoxy groups -OCH3 is 2. The van der Waals surface area contributed by atoms with E-state index in [1.807, 2.05) is 20.8 Å². The summed E-state index contributed by atoms with van der Waals surface area (Å²) in [5.74, 6) is 1.67. The summed E-state index contributed by atoms with van der Waals surface area (Å²) in [4.78, 5) is 12.2. The molecule has 94 valence electrons. The van der Waals surface area contributed by atoms with Gasteiger partial charge in [0.25, 0.3) is 0 Å². The lowest BCUT2D eigenvalue weighted by Gasteiger charge is -2.16. The maximum atomic E-state index is 12.2. The molecule has 0 N–H and O–H groups in total. The summed E-state index contributed by atoms with van der Waals surface area (Å²) in [5.41, 5.74) is 0.620. The number of benzene rings is 1. The van der Waals surface area contributed by atoms with Gasteiger partial charge < -0.3 is 9.47 Å². The average Bonchev–Trinajstić information content (AvgIpc) is 2.35. The minimum absolute atomic E-state index is 0.0164. The van der Waals surface area contributed by atoms with Crippen molar-refractivity contribution in [2.75, 3.05) is 14.2 Å². The van der Waals surface area contributed by atoms with Gasteiger partial charge in [0, 0.05) is 12.0 Å². The molecule has 3 nitrogen and oxygen atoms in total. The molecule has 1 aromatic carbocycles. The van der Waals surface area contributed by atoms with Gasteiger partial charge in [-0.2, -0.15) is 0 Å². The van der Waals surface area contributed by atoms with Crippen LogP contribution in [0.15, 0.2) is 18.2 Å². The summed E-state index contributed by atoms with van der Waals surface area (Å²) < 4.78 is 10.3. The highest BCUT2D eigenvalue weighted by molar-refractivity contribution is 6.00. The Bertz CT molecular complexity index is 396. The van der Waals surface area contributed by atoms with E-state index < -0.39 is 0 Å². The fourth-order valence-corrected chi connectivity index (χ4v) is 1.55. The van der Waals surface area contributed by atoms with Gasteiger partial charge in [-0.1, -0.05) is 20.8 Å². The van der Waals surface area contributed by atoms with Crippen LogP contribution < -0.4 is 9.47 Å². The Morgan fingerprint density at radius 1 is 1.12 bits per heavy atom. The zero-order valence-electron chi connectivity index (χ0n) is 11.1. The molecule has 0 saturated heterocycles. The molecule has 1 atom stereocenters. The minimum Gasteiger partial charge on any atom is -0.497 e. The molecule has 0 fully saturated rings. The lowest BCUT2D eigenvalue weighted by Crippen LogP contribution is -2.17. The Morgan fingerprint density at radius 2 is 1.76 bits per heavy atom. The zero-order chi connectivity index (χ0) is 13.0. The number of carbonyl (C=O) groups excluding carboxylic acids is 1. The number of hydrogen-bond donors (Lipinski definition) is 0. The van der Waals surface area contributed by atoms with Gasteiger partial charge >= 0.3 is 0 Å². The monoisotopic (exact) mass is 236 g/mol. The van der Waals surface area contributed by atoms with Gasteiger partial charge in [-0.3, -0.25) is 4.79 Å². The first kappa shape index (κ1) is 13.6. The number of hydrogen-bond acceptors (Lipinski definition) is 3. The maximum absolute atomic E-state index is 12.2. The molecule has 0 spiro atoms. The lowest BCUT2D eigenvalue weighted by atomic mass is 9.89. The lowest BCUT2D eigenvalue weighted by molar-refractivity contribution is 0.0896. The molecular formula is C14H20O3. The van der Waals surface area contributed by atoms with Gasteiger partial charge in [0.15, 0.2) is 5.78 Å². The highest BCUT2D eigenvalue weighted by atomic mass is 16.5. The number of Topliss-reactive ketones (excluding diaryl/α,β-unsaturated/α-hetero) is 1. The Morgan fingerprint density at radius 3 is 2.24 bits per heavy atom. The van der Waals surface area contributed by atoms with Crippen LogP contribution in [-0.2, 0) is 0 Å². The second-order valence-corrected chi connectivity index (χ2v) is 4.46. The van der Waals surface area contributed by atoms with Gasteiger partial charge in [0.1, 0.15) is 11.5 Å². The average molecular weight is 236 g/mol. The Kier molecular flexibility index (Phi) is 4.55. The summed E-state index contributed by atoms with van der Waals surface area (Å²) in [6.45, 7) is 6.02. The Hall–Kier alpha value is -1.51. The minimum atomic E-state index is -0.0164. The van der Waals surface area contributed by atoms with Crippen molar-refractivity contribution in [2.24, 2.45) is 11.8 Å². The molecular weight excluding hydrogens is 216 g/mol. The van der Waals surface area contributed by atoms with Crippen molar-refractivity contribution in [2.45, 2.75) is 20.8 Å². The van der Waals surface area contributed by atoms with Crippen LogP contribution in [0, 0.1) is 11.8 Å². The summed E-state index contributed by atoms with van der Waals surface area (Å²) in [7, 11) is 3.15. The highest BCUT2D eigenvalue weighted by Crippen LogP contribution is 2.28. The van der Waals surface area contributed by atoms with Crippen LogP contribution in [0.25, 0.3) is 0 Å². The van der Waals surface area contributed by atoms with Crippen LogP contribution in [0.3, 0.4) is 0 Å². The molecule has 1 rings (SSSR count). The quantitative estimate of drug-likeness (QED) is 0.736. The topological polar surface area (TPSA) is 35.5 Å². The van der Waals surface area contributed by atoms with Crippen molar-refractivity contribution < 1.29 is 14.3 Å². The predicted octanol–water partition coefficient (Wildman–Crippen LogP) is 3.18. The van der Waals surface area contributed by atoms with Crippen LogP contribution >= 0.6 is 0 Å². The molecule has 0 saturated carbocycles. The molecule has 1 aromatic rings. The smallest absolute Gasteiger partial charge is 0.169 e. The number of ether oxygens (including phenoxy) is 2. The van der Waals surface area contributed by atoms with Crippen LogP contribution in [0.1, 0.15) is 31.1 Å². The number of ketones is 1. The molecule has 0 heterocycles. The molecule has 0 radical (unpaired) electrons. The standard InChI is InChI=1S/C14H20O3/c1-9(2)10(3)14(15)12-7-6-11(16-4)8-13(12)17-5/h6-10H,1-5H3. The number of carbonyl (C=O) groups is 1. The van der Waals surface area contributed by atoms with Gasteiger partial charge in [-0.05, 0) is 18.1 Å². The maximum Gasteiger partial charge on any atom is 0.169 e. The van der Waals surface area contributed by atoms with E-state index in [1.165, 1.54) is 0 Å². The molecule has 0 aliphatic rings. The summed E-state index contributed by atoms with van der Waals surface area (Å²) in [6.07, 6.45) is 0. The molecule has 0 bridgehead atoms. The molecule has 0 aliphatic heterocycles. The Labute approximate surface area is 103 Å². The first-order valence-corrected chi connectivity index (χ1v) is 5.77. The highest BCUT2D eigenvalue weighted by Gasteiger charge is 2.21. The second kappa shape index (κ2) is 5.71. The van der Waals surface area contributed by atoms with Crippen LogP contribution in [-0.4, -0.2) is 20.0 Å². The van der Waals surface area contributed by atoms with Crippen LogP contribution in [0.2, 0.25) is 0 Å². The fraction of sp³-hybridized carbons (Fsp3) is 0.500. The zero-order valence-corrected chi connectivity index (χ0v) is 11.1. The molecule has 1 unspecified atom stereocenters. The van der Waals surface area contributed by atoms with Gasteiger partial charge in [0.05, 0.1) is 19.8 Å². The van der Waals surface area contributed by atoms with Crippen molar-refractivity contribution in [1.82, 2.24) is 0 Å². The molecule has 17 heavy (non-hydrogen) atoms. The van der Waals surface area contributed by atoms with E-state index in [1.54, 1.807) is 32.4 Å². The first-order chi connectivity index (χ1) is 8.01. The van der Waals surface area contributed by atoms with Crippen LogP contribution in [0.5, 0.6) is 11.5 Å². The third kappa shape index (κ3) is 2.99. The third-order valence-corrected chi connectivity index (χ3v) is 3.09. The fourth-order valence-electron chi connectivity index (χ4n) is 1.55. The van der Waals surface area contributed by atoms with Crippen molar-refractivity contribution >= 4 is 5.78 Å². The van der Waals surface area contributed by atoms with E-state index in [2.05, 4.69) is 0 Å². The van der Waals surface area contributed by atoms with Crippen molar-refractivity contribution in [3.05, 3.63) is 23.8 Å². The summed E-state index contributed by atoms with van der Waals surface area (Å²) in [5, 5.41) is 0. The summed E-state index contributed by atoms with van der Waals surface area (Å²) >= 11 is 0. The molecule has 0 amide bonds. The molecule has 0 aromatic heterocycles. The molecule has 0 aliphatic carbocycles. The van der Waals surface area contributed by atoms with Crippen molar-refractivity contribution in [1.29, 1.82) is 0 Å². The molecule has 3 heteroatoms. The summed E-state index contributed by atoms with van der Waals surface area (Å²) in [6, 6.07) is 5.28. The predicted molar refractivity (Wildman–Crippen MR) is 67.9 cm³/mol. The van der Waals surface area contributed by atoms with Crippen molar-refractivity contribution in [3.8, 4) is 11.5 Å². The first-order valence-electron chi connectivity index (χ1n) is 5.77.